The van der Waals surface area contributed by atoms with Crippen LogP contribution in [0.15, 0.2) is 52.2 Å². The largest absolute Gasteiger partial charge is 0.463 e. The second kappa shape index (κ2) is 11.4. The Morgan fingerprint density at radius 2 is 2.00 bits per heavy atom. The van der Waals surface area contributed by atoms with Crippen molar-refractivity contribution in [2.75, 3.05) is 12.8 Å². The van der Waals surface area contributed by atoms with Gasteiger partial charge in [0.15, 0.2) is 10.0 Å². The Hall–Kier alpha value is -1.95. The summed E-state index contributed by atoms with van der Waals surface area (Å²) in [5, 5.41) is 10.7. The maximum Gasteiger partial charge on any atom is 0.379 e. The third-order valence-corrected chi connectivity index (χ3v) is 7.94. The van der Waals surface area contributed by atoms with Crippen LogP contribution in [0, 0.1) is 0 Å². The molecule has 5 atom stereocenters. The quantitative estimate of drug-likeness (QED) is 0.240. The molecule has 35 heavy (non-hydrogen) atoms. The van der Waals surface area contributed by atoms with Crippen LogP contribution >= 0.6 is 35.1 Å². The van der Waals surface area contributed by atoms with Gasteiger partial charge >= 0.3 is 19.3 Å². The molecule has 0 amide bonds. The van der Waals surface area contributed by atoms with E-state index < -0.39 is 53.6 Å². The highest BCUT2D eigenvalue weighted by atomic mass is 79.9. The van der Waals surface area contributed by atoms with Gasteiger partial charge in [-0.1, -0.05) is 45.7 Å². The first kappa shape index (κ1) is 27.6. The van der Waals surface area contributed by atoms with Crippen LogP contribution in [-0.4, -0.2) is 55.5 Å². The van der Waals surface area contributed by atoms with E-state index in [0.29, 0.717) is 0 Å². The van der Waals surface area contributed by atoms with Gasteiger partial charge in [0.1, 0.15) is 18.0 Å². The number of aliphatic hydroxyl groups is 1. The van der Waals surface area contributed by atoms with E-state index in [4.69, 9.17) is 30.1 Å². The number of carbonyl (C=O) groups is 1. The van der Waals surface area contributed by atoms with E-state index in [1.165, 1.54) is 6.20 Å². The van der Waals surface area contributed by atoms with Crippen LogP contribution in [0.2, 0.25) is 0 Å². The third-order valence-electron chi connectivity index (χ3n) is 4.86. The van der Waals surface area contributed by atoms with Crippen molar-refractivity contribution in [3.8, 4) is 5.75 Å². The van der Waals surface area contributed by atoms with Gasteiger partial charge in [0.05, 0.1) is 25.3 Å². The SMILES string of the molecule is CC(C)OC(=O)CCP(=O)(OC[C@H]1O[C@@H](n2ccc(=O)[nH]c2=O)[C@](Cl)(Br)[C@@H]1O)Oc1ccccc1. The van der Waals surface area contributed by atoms with Crippen molar-refractivity contribution in [1.29, 1.82) is 0 Å². The molecule has 0 saturated carbocycles. The minimum absolute atomic E-state index is 0.232. The molecule has 1 aromatic carbocycles. The Kier molecular flexibility index (Phi) is 9.01. The standard InChI is InChI=1S/C21H25BrClN2O9P/c1-13(2)32-17(27)9-11-35(30,34-14-6-4-3-5-7-14)31-12-15-18(28)21(22,23)19(33-15)25-10-8-16(26)24-20(25)29/h3-8,10,13,15,18-19,28H,9,11-12H2,1-2H3,(H,24,26,29)/t15-,18-,19-,21+,35?/m1/s1. The lowest BCUT2D eigenvalue weighted by molar-refractivity contribution is -0.146. The lowest BCUT2D eigenvalue weighted by Crippen LogP contribution is -2.40. The molecule has 11 nitrogen and oxygen atoms in total. The number of nitrogens with one attached hydrogen (secondary N) is 1. The number of alkyl halides is 2. The number of para-hydroxylation sites is 1. The summed E-state index contributed by atoms with van der Waals surface area (Å²) < 4.78 is 34.8. The number of halogens is 2. The highest BCUT2D eigenvalue weighted by molar-refractivity contribution is 9.10. The molecule has 1 aliphatic rings. The summed E-state index contributed by atoms with van der Waals surface area (Å²) in [6.07, 6.45) is -3.51. The summed E-state index contributed by atoms with van der Waals surface area (Å²) in [6, 6.07) is 9.34. The smallest absolute Gasteiger partial charge is 0.379 e. The summed E-state index contributed by atoms with van der Waals surface area (Å²) in [5.74, 6) is -0.318. The number of hydrogen-bond acceptors (Lipinski definition) is 9. The Balaban J connectivity index is 1.76. The molecule has 3 rings (SSSR count). The second-order valence-electron chi connectivity index (χ2n) is 7.99. The fraction of sp³-hybridized carbons (Fsp3) is 0.476. The molecule has 2 aromatic rings. The average molecular weight is 596 g/mol. The number of aromatic amines is 1. The first-order chi connectivity index (χ1) is 16.4. The molecule has 1 fully saturated rings. The molecule has 1 unspecified atom stereocenters. The van der Waals surface area contributed by atoms with Gasteiger partial charge in [-0.3, -0.25) is 23.7 Å². The Morgan fingerprint density at radius 1 is 1.31 bits per heavy atom. The van der Waals surface area contributed by atoms with Gasteiger partial charge in [-0.05, 0) is 26.0 Å². The predicted molar refractivity (Wildman–Crippen MR) is 130 cm³/mol. The van der Waals surface area contributed by atoms with Crippen LogP contribution < -0.4 is 15.8 Å². The fourth-order valence-electron chi connectivity index (χ4n) is 3.23. The number of nitrogens with zero attached hydrogens (tertiary/aromatic N) is 1. The lowest BCUT2D eigenvalue weighted by Gasteiger charge is -2.24. The van der Waals surface area contributed by atoms with Crippen molar-refractivity contribution >= 4 is 41.1 Å². The van der Waals surface area contributed by atoms with Gasteiger partial charge in [0, 0.05) is 12.3 Å². The molecule has 1 aromatic heterocycles. The number of H-pyrrole nitrogens is 1. The van der Waals surface area contributed by atoms with Crippen LogP contribution in [0.5, 0.6) is 5.75 Å². The van der Waals surface area contributed by atoms with Crippen LogP contribution in [0.3, 0.4) is 0 Å². The molecule has 0 bridgehead atoms. The summed E-state index contributed by atoms with van der Waals surface area (Å²) in [4.78, 5) is 37.7. The van der Waals surface area contributed by atoms with Gasteiger partial charge in [0.25, 0.3) is 5.56 Å². The van der Waals surface area contributed by atoms with E-state index in [1.807, 2.05) is 0 Å². The average Bonchev–Trinajstić information content (AvgIpc) is 3.00. The first-order valence-electron chi connectivity index (χ1n) is 10.6. The maximum atomic E-state index is 13.5. The van der Waals surface area contributed by atoms with Crippen molar-refractivity contribution in [1.82, 2.24) is 9.55 Å². The Morgan fingerprint density at radius 3 is 2.63 bits per heavy atom. The summed E-state index contributed by atoms with van der Waals surface area (Å²) in [7, 11) is -3.93. The summed E-state index contributed by atoms with van der Waals surface area (Å²) in [5.41, 5.74) is -1.42. The normalized spacial score (nSPS) is 25.8. The summed E-state index contributed by atoms with van der Waals surface area (Å²) >= 11 is 9.60. The Labute approximate surface area is 214 Å². The zero-order valence-corrected chi connectivity index (χ0v) is 22.1. The van der Waals surface area contributed by atoms with Crippen LogP contribution in [0.4, 0.5) is 0 Å². The molecule has 0 aliphatic carbocycles. The number of aliphatic hydroxyl groups excluding tert-OH is 1. The van der Waals surface area contributed by atoms with Crippen molar-refractivity contribution in [2.45, 2.75) is 48.6 Å². The minimum atomic E-state index is -3.93. The molecular formula is C21H25BrClN2O9P. The van der Waals surface area contributed by atoms with Crippen molar-refractivity contribution in [3.05, 3.63) is 63.4 Å². The summed E-state index contributed by atoms with van der Waals surface area (Å²) in [6.45, 7) is 2.94. The number of ether oxygens (including phenoxy) is 2. The highest BCUT2D eigenvalue weighted by Gasteiger charge is 2.55. The molecule has 2 N–H and O–H groups in total. The lowest BCUT2D eigenvalue weighted by atomic mass is 10.2. The van der Waals surface area contributed by atoms with Crippen LogP contribution in [0.1, 0.15) is 26.5 Å². The molecule has 0 radical (unpaired) electrons. The molecule has 14 heteroatoms. The number of benzene rings is 1. The van der Waals surface area contributed by atoms with E-state index in [9.17, 15) is 24.1 Å². The molecule has 1 saturated heterocycles. The van der Waals surface area contributed by atoms with E-state index in [-0.39, 0.29) is 24.4 Å². The number of hydrogen-bond donors (Lipinski definition) is 2. The Bertz CT molecular complexity index is 1190. The van der Waals surface area contributed by atoms with Crippen LogP contribution in [-0.2, 0) is 23.4 Å². The number of aromatic nitrogens is 2. The number of esters is 1. The topological polar surface area (TPSA) is 146 Å². The monoisotopic (exact) mass is 594 g/mol. The van der Waals surface area contributed by atoms with Crippen molar-refractivity contribution in [3.63, 3.8) is 0 Å². The third kappa shape index (κ3) is 7.05. The van der Waals surface area contributed by atoms with E-state index >= 15 is 0 Å². The fourth-order valence-corrected chi connectivity index (χ4v) is 5.70. The van der Waals surface area contributed by atoms with E-state index in [0.717, 1.165) is 10.6 Å². The molecular weight excluding hydrogens is 571 g/mol. The number of rotatable bonds is 10. The van der Waals surface area contributed by atoms with Gasteiger partial charge < -0.3 is 19.1 Å². The van der Waals surface area contributed by atoms with Gasteiger partial charge in [0.2, 0.25) is 0 Å². The van der Waals surface area contributed by atoms with Gasteiger partial charge in [-0.2, -0.15) is 0 Å². The van der Waals surface area contributed by atoms with Crippen LogP contribution in [0.25, 0.3) is 0 Å². The maximum absolute atomic E-state index is 13.5. The zero-order chi connectivity index (χ0) is 25.8. The zero-order valence-electron chi connectivity index (χ0n) is 18.8. The van der Waals surface area contributed by atoms with Gasteiger partial charge in [-0.25, -0.2) is 9.36 Å². The molecule has 0 spiro atoms. The molecule has 192 valence electrons. The van der Waals surface area contributed by atoms with E-state index in [1.54, 1.807) is 44.2 Å². The van der Waals surface area contributed by atoms with Crippen molar-refractivity contribution < 1.29 is 33.0 Å². The first-order valence-corrected chi connectivity index (χ1v) is 13.5. The second-order valence-corrected chi connectivity index (χ2v) is 12.5. The van der Waals surface area contributed by atoms with Gasteiger partial charge in [-0.15, -0.1) is 0 Å². The predicted octanol–water partition coefficient (Wildman–Crippen LogP) is 2.76. The van der Waals surface area contributed by atoms with Crippen molar-refractivity contribution in [2.24, 2.45) is 0 Å². The molecule has 1 aliphatic heterocycles. The highest BCUT2D eigenvalue weighted by Crippen LogP contribution is 2.52. The number of carbonyl (C=O) groups excluding carboxylic acids is 1. The van der Waals surface area contributed by atoms with E-state index in [2.05, 4.69) is 20.9 Å². The molecule has 2 heterocycles. The minimum Gasteiger partial charge on any atom is -0.463 e.